The van der Waals surface area contributed by atoms with Crippen molar-refractivity contribution in [2.45, 2.75) is 64.2 Å². The SMILES string of the molecule is Cc1ccc(N(C)C(C)C)c(C(=O)NCC2CCC3(CCOCC3)O2)c1. The number of ether oxygens (including phenoxy) is 2. The number of anilines is 1. The van der Waals surface area contributed by atoms with E-state index in [-0.39, 0.29) is 17.6 Å². The van der Waals surface area contributed by atoms with Gasteiger partial charge < -0.3 is 19.7 Å². The van der Waals surface area contributed by atoms with Gasteiger partial charge in [0, 0.05) is 38.5 Å². The molecule has 26 heavy (non-hydrogen) atoms. The molecule has 0 aromatic heterocycles. The summed E-state index contributed by atoms with van der Waals surface area (Å²) in [6.45, 7) is 8.41. The van der Waals surface area contributed by atoms with E-state index in [4.69, 9.17) is 9.47 Å². The number of carbonyl (C=O) groups excluding carboxylic acids is 1. The molecular weight excluding hydrogens is 328 g/mol. The number of nitrogens with zero attached hydrogens (tertiary/aromatic N) is 1. The Morgan fingerprint density at radius 2 is 2.04 bits per heavy atom. The van der Waals surface area contributed by atoms with E-state index >= 15 is 0 Å². The fourth-order valence-corrected chi connectivity index (χ4v) is 3.87. The highest BCUT2D eigenvalue weighted by atomic mass is 16.5. The van der Waals surface area contributed by atoms with Crippen LogP contribution in [0.4, 0.5) is 5.69 Å². The van der Waals surface area contributed by atoms with Crippen molar-refractivity contribution in [1.29, 1.82) is 0 Å². The quantitative estimate of drug-likeness (QED) is 0.875. The highest BCUT2D eigenvalue weighted by molar-refractivity contribution is 6.00. The molecule has 5 heteroatoms. The lowest BCUT2D eigenvalue weighted by Gasteiger charge is -2.33. The first kappa shape index (κ1) is 19.2. The lowest BCUT2D eigenvalue weighted by Crippen LogP contribution is -2.39. The first-order valence-corrected chi connectivity index (χ1v) is 9.77. The standard InChI is InChI=1S/C21H32N2O3/c1-15(2)23(4)19-6-5-16(3)13-18(19)20(24)22-14-17-7-8-21(26-17)9-11-25-12-10-21/h5-6,13,15,17H,7-12,14H2,1-4H3,(H,22,24). The fourth-order valence-electron chi connectivity index (χ4n) is 3.87. The van der Waals surface area contributed by atoms with Gasteiger partial charge in [0.15, 0.2) is 0 Å². The molecule has 1 amide bonds. The zero-order valence-electron chi connectivity index (χ0n) is 16.5. The van der Waals surface area contributed by atoms with E-state index in [1.165, 1.54) is 0 Å². The molecule has 144 valence electrons. The van der Waals surface area contributed by atoms with Crippen LogP contribution in [0.2, 0.25) is 0 Å². The molecule has 1 aromatic carbocycles. The van der Waals surface area contributed by atoms with Crippen molar-refractivity contribution in [2.24, 2.45) is 0 Å². The molecule has 2 aliphatic rings. The molecule has 0 bridgehead atoms. The molecule has 1 spiro atoms. The maximum absolute atomic E-state index is 12.9. The maximum Gasteiger partial charge on any atom is 0.253 e. The second-order valence-corrected chi connectivity index (χ2v) is 8.01. The van der Waals surface area contributed by atoms with E-state index < -0.39 is 0 Å². The van der Waals surface area contributed by atoms with E-state index in [1.54, 1.807) is 0 Å². The highest BCUT2D eigenvalue weighted by Gasteiger charge is 2.41. The first-order valence-electron chi connectivity index (χ1n) is 9.77. The molecule has 0 aliphatic carbocycles. The topological polar surface area (TPSA) is 50.8 Å². The Morgan fingerprint density at radius 1 is 1.31 bits per heavy atom. The van der Waals surface area contributed by atoms with Crippen molar-refractivity contribution < 1.29 is 14.3 Å². The van der Waals surface area contributed by atoms with E-state index in [1.807, 2.05) is 26.1 Å². The van der Waals surface area contributed by atoms with Gasteiger partial charge in [0.25, 0.3) is 5.91 Å². The Morgan fingerprint density at radius 3 is 2.73 bits per heavy atom. The summed E-state index contributed by atoms with van der Waals surface area (Å²) in [5.74, 6) is -0.0206. The van der Waals surface area contributed by atoms with E-state index in [2.05, 4.69) is 30.1 Å². The maximum atomic E-state index is 12.9. The van der Waals surface area contributed by atoms with Gasteiger partial charge in [-0.2, -0.15) is 0 Å². The molecule has 2 aliphatic heterocycles. The Labute approximate surface area is 157 Å². The molecule has 2 saturated heterocycles. The van der Waals surface area contributed by atoms with Gasteiger partial charge in [-0.25, -0.2) is 0 Å². The molecule has 5 nitrogen and oxygen atoms in total. The summed E-state index contributed by atoms with van der Waals surface area (Å²) in [6.07, 6.45) is 4.13. The van der Waals surface area contributed by atoms with Crippen LogP contribution in [0.15, 0.2) is 18.2 Å². The minimum Gasteiger partial charge on any atom is -0.381 e. The molecule has 2 fully saturated rings. The van der Waals surface area contributed by atoms with Crippen molar-refractivity contribution in [3.05, 3.63) is 29.3 Å². The molecule has 3 rings (SSSR count). The monoisotopic (exact) mass is 360 g/mol. The lowest BCUT2D eigenvalue weighted by molar-refractivity contribution is -0.102. The fraction of sp³-hybridized carbons (Fsp3) is 0.667. The Kier molecular flexibility index (Phi) is 5.88. The Hall–Kier alpha value is -1.59. The smallest absolute Gasteiger partial charge is 0.253 e. The minimum atomic E-state index is -0.0206. The van der Waals surface area contributed by atoms with Gasteiger partial charge in [0.2, 0.25) is 0 Å². The number of amides is 1. The number of hydrogen-bond donors (Lipinski definition) is 1. The van der Waals surface area contributed by atoms with Crippen LogP contribution in [-0.2, 0) is 9.47 Å². The van der Waals surface area contributed by atoms with Crippen molar-refractivity contribution >= 4 is 11.6 Å². The summed E-state index contributed by atoms with van der Waals surface area (Å²) in [5.41, 5.74) is 2.78. The summed E-state index contributed by atoms with van der Waals surface area (Å²) in [7, 11) is 2.03. The molecule has 0 saturated carbocycles. The molecular formula is C21H32N2O3. The van der Waals surface area contributed by atoms with Crippen molar-refractivity contribution in [2.75, 3.05) is 31.7 Å². The lowest BCUT2D eigenvalue weighted by atomic mass is 9.91. The van der Waals surface area contributed by atoms with Gasteiger partial charge in [0.05, 0.1) is 17.3 Å². The average molecular weight is 360 g/mol. The molecule has 1 aromatic rings. The van der Waals surface area contributed by atoms with Crippen LogP contribution >= 0.6 is 0 Å². The predicted octanol–water partition coefficient (Wildman–Crippen LogP) is 3.30. The minimum absolute atomic E-state index is 0.0139. The summed E-state index contributed by atoms with van der Waals surface area (Å²) >= 11 is 0. The number of hydrogen-bond acceptors (Lipinski definition) is 4. The molecule has 2 heterocycles. The van der Waals surface area contributed by atoms with Crippen molar-refractivity contribution in [3.63, 3.8) is 0 Å². The van der Waals surface area contributed by atoms with E-state index in [0.29, 0.717) is 12.6 Å². The summed E-state index contributed by atoms with van der Waals surface area (Å²) in [5, 5.41) is 3.10. The Balaban J connectivity index is 1.63. The second kappa shape index (κ2) is 7.97. The van der Waals surface area contributed by atoms with Gasteiger partial charge in [-0.1, -0.05) is 11.6 Å². The highest BCUT2D eigenvalue weighted by Crippen LogP contribution is 2.38. The number of nitrogens with one attached hydrogen (secondary N) is 1. The number of carbonyl (C=O) groups is 1. The van der Waals surface area contributed by atoms with Crippen molar-refractivity contribution in [3.8, 4) is 0 Å². The number of rotatable bonds is 5. The van der Waals surface area contributed by atoms with Gasteiger partial charge in [-0.3, -0.25) is 4.79 Å². The van der Waals surface area contributed by atoms with Crippen LogP contribution in [0.25, 0.3) is 0 Å². The molecule has 1 atom stereocenters. The largest absolute Gasteiger partial charge is 0.381 e. The van der Waals surface area contributed by atoms with E-state index in [0.717, 1.165) is 55.7 Å². The average Bonchev–Trinajstić information content (AvgIpc) is 3.02. The molecule has 1 unspecified atom stereocenters. The van der Waals surface area contributed by atoms with Crippen LogP contribution in [0.5, 0.6) is 0 Å². The predicted molar refractivity (Wildman–Crippen MR) is 104 cm³/mol. The first-order chi connectivity index (χ1) is 12.4. The van der Waals surface area contributed by atoms with Gasteiger partial charge in [0.1, 0.15) is 0 Å². The van der Waals surface area contributed by atoms with Gasteiger partial charge in [-0.05, 0) is 58.6 Å². The van der Waals surface area contributed by atoms with E-state index in [9.17, 15) is 4.79 Å². The third-order valence-corrected chi connectivity index (χ3v) is 5.78. The number of aryl methyl sites for hydroxylation is 1. The summed E-state index contributed by atoms with van der Waals surface area (Å²) in [6, 6.07) is 6.39. The third kappa shape index (κ3) is 4.21. The van der Waals surface area contributed by atoms with Crippen LogP contribution in [0.3, 0.4) is 0 Å². The zero-order valence-corrected chi connectivity index (χ0v) is 16.5. The zero-order chi connectivity index (χ0) is 18.7. The van der Waals surface area contributed by atoms with Crippen LogP contribution < -0.4 is 10.2 Å². The molecule has 0 radical (unpaired) electrons. The normalized spacial score (nSPS) is 22.0. The third-order valence-electron chi connectivity index (χ3n) is 5.78. The van der Waals surface area contributed by atoms with Gasteiger partial charge >= 0.3 is 0 Å². The van der Waals surface area contributed by atoms with Gasteiger partial charge in [-0.15, -0.1) is 0 Å². The Bertz CT molecular complexity index is 638. The second-order valence-electron chi connectivity index (χ2n) is 8.01. The van der Waals surface area contributed by atoms with Crippen LogP contribution in [0, 0.1) is 6.92 Å². The molecule has 1 N–H and O–H groups in total. The van der Waals surface area contributed by atoms with Crippen LogP contribution in [0.1, 0.15) is 55.5 Å². The van der Waals surface area contributed by atoms with Crippen molar-refractivity contribution in [1.82, 2.24) is 5.32 Å². The van der Waals surface area contributed by atoms with Crippen LogP contribution in [-0.4, -0.2) is 50.5 Å². The summed E-state index contributed by atoms with van der Waals surface area (Å²) in [4.78, 5) is 15.0. The summed E-state index contributed by atoms with van der Waals surface area (Å²) < 4.78 is 11.8. The number of benzene rings is 1.